The number of ether oxygens (including phenoxy) is 3. The monoisotopic (exact) mass is 313 g/mol. The van der Waals surface area contributed by atoms with Crippen molar-refractivity contribution in [2.24, 2.45) is 0 Å². The normalized spacial score (nSPS) is 12.7. The fraction of sp³-hybridized carbons (Fsp3) is 0.278. The molecule has 1 aliphatic rings. The summed E-state index contributed by atoms with van der Waals surface area (Å²) in [5, 5.41) is 2.93. The van der Waals surface area contributed by atoms with E-state index in [1.165, 1.54) is 0 Å². The van der Waals surface area contributed by atoms with Crippen molar-refractivity contribution in [2.45, 2.75) is 13.2 Å². The quantitative estimate of drug-likeness (QED) is 0.921. The Morgan fingerprint density at radius 3 is 2.61 bits per heavy atom. The van der Waals surface area contributed by atoms with Crippen molar-refractivity contribution in [1.29, 1.82) is 0 Å². The Morgan fingerprint density at radius 2 is 1.83 bits per heavy atom. The predicted octanol–water partition coefficient (Wildman–Crippen LogP) is 2.53. The summed E-state index contributed by atoms with van der Waals surface area (Å²) >= 11 is 0. The van der Waals surface area contributed by atoms with E-state index in [1.54, 1.807) is 25.3 Å². The van der Waals surface area contributed by atoms with Crippen LogP contribution < -0.4 is 14.8 Å². The first-order valence-electron chi connectivity index (χ1n) is 7.51. The third-order valence-corrected chi connectivity index (χ3v) is 3.66. The zero-order valence-corrected chi connectivity index (χ0v) is 13.0. The fourth-order valence-corrected chi connectivity index (χ4v) is 2.49. The molecule has 0 atom stereocenters. The molecule has 0 aliphatic carbocycles. The first-order chi connectivity index (χ1) is 11.3. The molecule has 0 saturated heterocycles. The predicted molar refractivity (Wildman–Crippen MR) is 85.8 cm³/mol. The molecule has 2 aromatic carbocycles. The van der Waals surface area contributed by atoms with Gasteiger partial charge in [-0.25, -0.2) is 0 Å². The highest BCUT2D eigenvalue weighted by molar-refractivity contribution is 5.94. The molecule has 0 aromatic heterocycles. The molecule has 0 unspecified atom stereocenters. The number of amides is 1. The van der Waals surface area contributed by atoms with E-state index in [9.17, 15) is 4.79 Å². The lowest BCUT2D eigenvalue weighted by molar-refractivity contribution is 0.0949. The Hall–Kier alpha value is -2.53. The number of carbonyl (C=O) groups excluding carboxylic acids is 1. The number of rotatable bonds is 5. The summed E-state index contributed by atoms with van der Waals surface area (Å²) in [5.74, 6) is 1.15. The Kier molecular flexibility index (Phi) is 4.78. The number of benzene rings is 2. The summed E-state index contributed by atoms with van der Waals surface area (Å²) < 4.78 is 16.1. The zero-order chi connectivity index (χ0) is 16.1. The van der Waals surface area contributed by atoms with Crippen LogP contribution in [0, 0.1) is 0 Å². The summed E-state index contributed by atoms with van der Waals surface area (Å²) in [4.78, 5) is 12.3. The summed E-state index contributed by atoms with van der Waals surface area (Å²) in [6.07, 6.45) is 0. The van der Waals surface area contributed by atoms with E-state index >= 15 is 0 Å². The Bertz CT molecular complexity index is 699. The molecule has 0 bridgehead atoms. The summed E-state index contributed by atoms with van der Waals surface area (Å²) in [7, 11) is 1.66. The number of methoxy groups -OCH3 is 1. The molecular weight excluding hydrogens is 294 g/mol. The van der Waals surface area contributed by atoms with Crippen molar-refractivity contribution in [1.82, 2.24) is 5.32 Å². The largest absolute Gasteiger partial charge is 0.486 e. The van der Waals surface area contributed by atoms with Crippen LogP contribution in [0.2, 0.25) is 0 Å². The molecule has 0 spiro atoms. The third kappa shape index (κ3) is 3.63. The van der Waals surface area contributed by atoms with Crippen LogP contribution in [0.3, 0.4) is 0 Å². The Labute approximate surface area is 135 Å². The van der Waals surface area contributed by atoms with Crippen molar-refractivity contribution in [3.63, 3.8) is 0 Å². The van der Waals surface area contributed by atoms with Crippen molar-refractivity contribution >= 4 is 5.91 Å². The maximum atomic E-state index is 12.3. The van der Waals surface area contributed by atoms with Gasteiger partial charge in [-0.3, -0.25) is 4.79 Å². The van der Waals surface area contributed by atoms with Crippen molar-refractivity contribution < 1.29 is 19.0 Å². The van der Waals surface area contributed by atoms with Crippen molar-refractivity contribution in [3.8, 4) is 11.5 Å². The van der Waals surface area contributed by atoms with E-state index in [0.717, 1.165) is 11.1 Å². The van der Waals surface area contributed by atoms with Gasteiger partial charge in [-0.1, -0.05) is 24.3 Å². The van der Waals surface area contributed by atoms with Gasteiger partial charge in [0.2, 0.25) is 0 Å². The number of hydrogen-bond donors (Lipinski definition) is 1. The van der Waals surface area contributed by atoms with Crippen LogP contribution in [-0.4, -0.2) is 26.2 Å². The van der Waals surface area contributed by atoms with Gasteiger partial charge in [0, 0.05) is 19.2 Å². The van der Waals surface area contributed by atoms with Gasteiger partial charge in [0.15, 0.2) is 11.5 Å². The molecule has 23 heavy (non-hydrogen) atoms. The van der Waals surface area contributed by atoms with Crippen LogP contribution in [0.25, 0.3) is 0 Å². The van der Waals surface area contributed by atoms with Gasteiger partial charge in [0.1, 0.15) is 13.2 Å². The number of hydrogen-bond acceptors (Lipinski definition) is 4. The van der Waals surface area contributed by atoms with Gasteiger partial charge in [0.05, 0.1) is 6.61 Å². The number of fused-ring (bicyclic) bond motifs is 1. The fourth-order valence-electron chi connectivity index (χ4n) is 2.49. The Morgan fingerprint density at radius 1 is 1.09 bits per heavy atom. The Balaban J connectivity index is 1.68. The van der Waals surface area contributed by atoms with Gasteiger partial charge in [0.25, 0.3) is 5.91 Å². The molecular formula is C18H19NO4. The third-order valence-electron chi connectivity index (χ3n) is 3.66. The first-order valence-corrected chi connectivity index (χ1v) is 7.51. The molecule has 5 nitrogen and oxygen atoms in total. The van der Waals surface area contributed by atoms with E-state index in [0.29, 0.717) is 43.4 Å². The maximum Gasteiger partial charge on any atom is 0.251 e. The number of carbonyl (C=O) groups is 1. The highest BCUT2D eigenvalue weighted by Crippen LogP contribution is 2.30. The summed E-state index contributed by atoms with van der Waals surface area (Å²) in [6, 6.07) is 13.1. The van der Waals surface area contributed by atoms with Crippen molar-refractivity contribution in [2.75, 3.05) is 20.3 Å². The molecule has 3 rings (SSSR count). The van der Waals surface area contributed by atoms with Crippen LogP contribution in [0.5, 0.6) is 11.5 Å². The van der Waals surface area contributed by atoms with Gasteiger partial charge in [-0.2, -0.15) is 0 Å². The van der Waals surface area contributed by atoms with Crippen LogP contribution in [0.15, 0.2) is 42.5 Å². The van der Waals surface area contributed by atoms with Gasteiger partial charge >= 0.3 is 0 Å². The molecule has 1 N–H and O–H groups in total. The van der Waals surface area contributed by atoms with E-state index < -0.39 is 0 Å². The lowest BCUT2D eigenvalue weighted by Gasteiger charge is -2.18. The summed E-state index contributed by atoms with van der Waals surface area (Å²) in [5.41, 5.74) is 2.66. The molecule has 0 radical (unpaired) electrons. The minimum Gasteiger partial charge on any atom is -0.486 e. The second-order valence-electron chi connectivity index (χ2n) is 5.24. The average Bonchev–Trinajstić information content (AvgIpc) is 2.60. The second kappa shape index (κ2) is 7.15. The molecule has 0 saturated carbocycles. The zero-order valence-electron chi connectivity index (χ0n) is 13.0. The standard InChI is InChI=1S/C18H19NO4/c1-21-12-15-5-3-2-4-14(15)11-19-18(20)13-6-7-16-17(10-13)23-9-8-22-16/h2-7,10H,8-9,11-12H2,1H3,(H,19,20). The molecule has 1 amide bonds. The molecule has 2 aromatic rings. The van der Waals surface area contributed by atoms with Crippen molar-refractivity contribution in [3.05, 3.63) is 59.2 Å². The molecule has 1 aliphatic heterocycles. The van der Waals surface area contributed by atoms with Crippen LogP contribution >= 0.6 is 0 Å². The average molecular weight is 313 g/mol. The van der Waals surface area contributed by atoms with Gasteiger partial charge < -0.3 is 19.5 Å². The maximum absolute atomic E-state index is 12.3. The van der Waals surface area contributed by atoms with E-state index in [4.69, 9.17) is 14.2 Å². The topological polar surface area (TPSA) is 56.8 Å². The molecule has 5 heteroatoms. The lowest BCUT2D eigenvalue weighted by atomic mass is 10.1. The molecule has 120 valence electrons. The van der Waals surface area contributed by atoms with E-state index in [2.05, 4.69) is 5.32 Å². The SMILES string of the molecule is COCc1ccccc1CNC(=O)c1ccc2c(c1)OCCO2. The highest BCUT2D eigenvalue weighted by Gasteiger charge is 2.15. The van der Waals surface area contributed by atoms with E-state index in [1.807, 2.05) is 24.3 Å². The van der Waals surface area contributed by atoms with Crippen LogP contribution in [-0.2, 0) is 17.9 Å². The van der Waals surface area contributed by atoms with Gasteiger partial charge in [-0.05, 0) is 29.3 Å². The highest BCUT2D eigenvalue weighted by atomic mass is 16.6. The van der Waals surface area contributed by atoms with Crippen LogP contribution in [0.1, 0.15) is 21.5 Å². The second-order valence-corrected chi connectivity index (χ2v) is 5.24. The minimum atomic E-state index is -0.144. The van der Waals surface area contributed by atoms with Crippen LogP contribution in [0.4, 0.5) is 0 Å². The first kappa shape index (κ1) is 15.4. The molecule has 1 heterocycles. The molecule has 0 fully saturated rings. The van der Waals surface area contributed by atoms with Gasteiger partial charge in [-0.15, -0.1) is 0 Å². The smallest absolute Gasteiger partial charge is 0.251 e. The minimum absolute atomic E-state index is 0.144. The lowest BCUT2D eigenvalue weighted by Crippen LogP contribution is -2.24. The van der Waals surface area contributed by atoms with E-state index in [-0.39, 0.29) is 5.91 Å². The summed E-state index contributed by atoms with van der Waals surface area (Å²) in [6.45, 7) is 2.01. The number of nitrogens with one attached hydrogen (secondary N) is 1.